The van der Waals surface area contributed by atoms with Crippen LogP contribution in [0.25, 0.3) is 11.3 Å². The molecule has 0 radical (unpaired) electrons. The highest BCUT2D eigenvalue weighted by molar-refractivity contribution is 7.90. The van der Waals surface area contributed by atoms with Gasteiger partial charge in [0.25, 0.3) is 5.91 Å². The summed E-state index contributed by atoms with van der Waals surface area (Å²) in [5, 5.41) is -0.807. The van der Waals surface area contributed by atoms with Gasteiger partial charge in [0.05, 0.1) is 21.5 Å². The van der Waals surface area contributed by atoms with Crippen LogP contribution >= 0.6 is 11.6 Å². The van der Waals surface area contributed by atoms with Crippen molar-refractivity contribution in [1.29, 1.82) is 0 Å². The summed E-state index contributed by atoms with van der Waals surface area (Å²) in [5.74, 6) is -1.11. The number of carbonyl (C=O) groups is 1. The second-order valence-corrected chi connectivity index (χ2v) is 9.33. The number of amides is 1. The van der Waals surface area contributed by atoms with Gasteiger partial charge < -0.3 is 4.57 Å². The molecule has 2 N–H and O–H groups in total. The van der Waals surface area contributed by atoms with E-state index in [1.807, 2.05) is 14.0 Å². The van der Waals surface area contributed by atoms with Crippen LogP contribution in [-0.2, 0) is 17.1 Å². The van der Waals surface area contributed by atoms with Crippen molar-refractivity contribution in [3.8, 4) is 11.3 Å². The van der Waals surface area contributed by atoms with Crippen LogP contribution in [0.2, 0.25) is 5.02 Å². The third-order valence-electron chi connectivity index (χ3n) is 4.98. The summed E-state index contributed by atoms with van der Waals surface area (Å²) in [6, 6.07) is 2.68. The van der Waals surface area contributed by atoms with E-state index in [9.17, 15) is 17.6 Å². The van der Waals surface area contributed by atoms with Gasteiger partial charge >= 0.3 is 0 Å². The zero-order valence-corrected chi connectivity index (χ0v) is 17.2. The molecular formula is C18H22ClFN4O3S. The largest absolute Gasteiger partial charge is 0.338 e. The highest BCUT2D eigenvalue weighted by Crippen LogP contribution is 2.28. The Kier molecular flexibility index (Phi) is 6.07. The Morgan fingerprint density at radius 3 is 2.57 bits per heavy atom. The van der Waals surface area contributed by atoms with E-state index in [0.717, 1.165) is 25.1 Å². The van der Waals surface area contributed by atoms with E-state index in [2.05, 4.69) is 15.2 Å². The Hall–Kier alpha value is -1.97. The van der Waals surface area contributed by atoms with Crippen molar-refractivity contribution >= 4 is 27.5 Å². The number of hydrogen-bond acceptors (Lipinski definition) is 4. The number of benzene rings is 1. The van der Waals surface area contributed by atoms with Gasteiger partial charge in [0.15, 0.2) is 5.82 Å². The first-order chi connectivity index (χ1) is 13.2. The number of hydrogen-bond donors (Lipinski definition) is 2. The number of rotatable bonds is 5. The number of imidazole rings is 1. The van der Waals surface area contributed by atoms with E-state index in [1.54, 1.807) is 10.8 Å². The Labute approximate surface area is 168 Å². The first-order valence-corrected chi connectivity index (χ1v) is 10.9. The molecule has 7 nitrogen and oxygen atoms in total. The third-order valence-corrected chi connectivity index (χ3v) is 6.99. The van der Waals surface area contributed by atoms with Crippen molar-refractivity contribution in [3.63, 3.8) is 0 Å². The molecule has 1 aliphatic rings. The minimum Gasteiger partial charge on any atom is -0.338 e. The lowest BCUT2D eigenvalue weighted by Crippen LogP contribution is -2.46. The first kappa shape index (κ1) is 20.8. The van der Waals surface area contributed by atoms with Gasteiger partial charge in [0.1, 0.15) is 5.82 Å². The molecule has 10 heteroatoms. The van der Waals surface area contributed by atoms with E-state index in [1.165, 1.54) is 12.1 Å². The molecule has 0 unspecified atom stereocenters. The molecule has 2 aromatic rings. The molecule has 1 aromatic carbocycles. The van der Waals surface area contributed by atoms with E-state index in [4.69, 9.17) is 11.6 Å². The van der Waals surface area contributed by atoms with Crippen molar-refractivity contribution in [2.45, 2.75) is 44.3 Å². The number of nitrogens with one attached hydrogen (secondary N) is 2. The number of aromatic nitrogens is 2. The lowest BCUT2D eigenvalue weighted by Gasteiger charge is -2.22. The maximum Gasteiger partial charge on any atom is 0.269 e. The van der Waals surface area contributed by atoms with Crippen molar-refractivity contribution in [1.82, 2.24) is 19.8 Å². The molecule has 0 bridgehead atoms. The Balaban J connectivity index is 1.81. The number of carbonyl (C=O) groups excluding carboxylic acids is 1. The normalized spacial score (nSPS) is 15.6. The fourth-order valence-corrected chi connectivity index (χ4v) is 4.82. The maximum atomic E-state index is 14.4. The molecular weight excluding hydrogens is 407 g/mol. The summed E-state index contributed by atoms with van der Waals surface area (Å²) in [5.41, 5.74) is 2.72. The molecule has 0 spiro atoms. The SMILES string of the molecule is Cc1nc(-c2cc(Cl)c(F)c(C(=O)NNS(=O)(=O)C3CCCCC3)c2)cn1C. The van der Waals surface area contributed by atoms with E-state index < -0.39 is 27.0 Å². The molecule has 1 amide bonds. The van der Waals surface area contributed by atoms with Crippen LogP contribution in [0.15, 0.2) is 18.3 Å². The summed E-state index contributed by atoms with van der Waals surface area (Å²) in [6.45, 7) is 1.81. The summed E-state index contributed by atoms with van der Waals surface area (Å²) >= 11 is 5.94. The van der Waals surface area contributed by atoms with Gasteiger partial charge in [-0.25, -0.2) is 17.8 Å². The predicted molar refractivity (Wildman–Crippen MR) is 105 cm³/mol. The zero-order valence-electron chi connectivity index (χ0n) is 15.6. The average Bonchev–Trinajstić information content (AvgIpc) is 3.01. The molecule has 28 heavy (non-hydrogen) atoms. The quantitative estimate of drug-likeness (QED) is 0.715. The summed E-state index contributed by atoms with van der Waals surface area (Å²) < 4.78 is 40.9. The molecule has 1 heterocycles. The van der Waals surface area contributed by atoms with E-state index in [0.29, 0.717) is 24.1 Å². The molecule has 0 atom stereocenters. The van der Waals surface area contributed by atoms with Crippen molar-refractivity contribution in [3.05, 3.63) is 40.6 Å². The Bertz CT molecular complexity index is 981. The smallest absolute Gasteiger partial charge is 0.269 e. The minimum absolute atomic E-state index is 0.249. The molecule has 152 valence electrons. The van der Waals surface area contributed by atoms with Gasteiger partial charge in [-0.05, 0) is 31.9 Å². The predicted octanol–water partition coefficient (Wildman–Crippen LogP) is 3.08. The van der Waals surface area contributed by atoms with Crippen LogP contribution in [0, 0.1) is 12.7 Å². The second kappa shape index (κ2) is 8.18. The first-order valence-electron chi connectivity index (χ1n) is 8.99. The number of sulfonamides is 1. The molecule has 0 aliphatic heterocycles. The van der Waals surface area contributed by atoms with Gasteiger partial charge in [-0.3, -0.25) is 10.2 Å². The van der Waals surface area contributed by atoms with Crippen molar-refractivity contribution in [2.24, 2.45) is 7.05 Å². The van der Waals surface area contributed by atoms with Crippen LogP contribution < -0.4 is 10.3 Å². The number of hydrazine groups is 1. The Morgan fingerprint density at radius 1 is 1.29 bits per heavy atom. The zero-order chi connectivity index (χ0) is 20.5. The lowest BCUT2D eigenvalue weighted by molar-refractivity contribution is 0.0941. The van der Waals surface area contributed by atoms with E-state index in [-0.39, 0.29) is 10.6 Å². The molecule has 1 aliphatic carbocycles. The Morgan fingerprint density at radius 2 is 1.96 bits per heavy atom. The van der Waals surface area contributed by atoms with Gasteiger partial charge in [-0.15, -0.1) is 4.83 Å². The van der Waals surface area contributed by atoms with Crippen LogP contribution in [0.1, 0.15) is 48.3 Å². The van der Waals surface area contributed by atoms with Gasteiger partial charge in [0, 0.05) is 18.8 Å². The van der Waals surface area contributed by atoms with Crippen LogP contribution in [0.3, 0.4) is 0 Å². The summed E-state index contributed by atoms with van der Waals surface area (Å²) in [7, 11) is -1.92. The number of aryl methyl sites for hydroxylation is 2. The molecule has 0 saturated heterocycles. The standard InChI is InChI=1S/C18H22ClFN4O3S/c1-11-21-16(10-24(11)2)12-8-14(17(20)15(19)9-12)18(25)22-23-28(26,27)13-6-4-3-5-7-13/h8-10,13,23H,3-7H2,1-2H3,(H,22,25). The second-order valence-electron chi connectivity index (χ2n) is 6.97. The topological polar surface area (TPSA) is 93.1 Å². The van der Waals surface area contributed by atoms with Crippen molar-refractivity contribution < 1.29 is 17.6 Å². The van der Waals surface area contributed by atoms with Crippen LogP contribution in [0.4, 0.5) is 4.39 Å². The van der Waals surface area contributed by atoms with Crippen molar-refractivity contribution in [2.75, 3.05) is 0 Å². The average molecular weight is 429 g/mol. The third kappa shape index (κ3) is 4.37. The van der Waals surface area contributed by atoms with Gasteiger partial charge in [-0.1, -0.05) is 30.9 Å². The number of halogens is 2. The fraction of sp³-hybridized carbons (Fsp3) is 0.444. The highest BCUT2D eigenvalue weighted by atomic mass is 35.5. The molecule has 1 saturated carbocycles. The maximum absolute atomic E-state index is 14.4. The molecule has 3 rings (SSSR count). The van der Waals surface area contributed by atoms with Crippen LogP contribution in [-0.4, -0.2) is 29.1 Å². The van der Waals surface area contributed by atoms with Gasteiger partial charge in [0.2, 0.25) is 10.0 Å². The molecule has 1 aromatic heterocycles. The monoisotopic (exact) mass is 428 g/mol. The highest BCUT2D eigenvalue weighted by Gasteiger charge is 2.28. The van der Waals surface area contributed by atoms with E-state index >= 15 is 0 Å². The fourth-order valence-electron chi connectivity index (χ4n) is 3.24. The summed E-state index contributed by atoms with van der Waals surface area (Å²) in [4.78, 5) is 18.9. The number of nitrogens with zero attached hydrogens (tertiary/aromatic N) is 2. The minimum atomic E-state index is -3.73. The lowest BCUT2D eigenvalue weighted by atomic mass is 10.0. The van der Waals surface area contributed by atoms with Gasteiger partial charge in [-0.2, -0.15) is 0 Å². The van der Waals surface area contributed by atoms with Crippen LogP contribution in [0.5, 0.6) is 0 Å². The summed E-state index contributed by atoms with van der Waals surface area (Å²) in [6.07, 6.45) is 5.47. The molecule has 1 fully saturated rings.